The van der Waals surface area contributed by atoms with Crippen LogP contribution in [0.25, 0.3) is 10.2 Å². The van der Waals surface area contributed by atoms with Crippen LogP contribution in [-0.4, -0.2) is 20.1 Å². The molecule has 0 fully saturated rings. The summed E-state index contributed by atoms with van der Waals surface area (Å²) in [4.78, 5) is 24.2. The quantitative estimate of drug-likeness (QED) is 0.436. The lowest BCUT2D eigenvalue weighted by atomic mass is 10.1. The first kappa shape index (κ1) is 15.1. The topological polar surface area (TPSA) is 84.7 Å². The minimum Gasteiger partial charge on any atom is -0.338 e. The van der Waals surface area contributed by atoms with Crippen LogP contribution in [0.3, 0.4) is 0 Å². The third-order valence-electron chi connectivity index (χ3n) is 3.36. The number of hydrogen-bond donors (Lipinski definition) is 1. The fraction of sp³-hybridized carbons (Fsp3) is 0.125. The van der Waals surface area contributed by atoms with Crippen LogP contribution in [0.4, 0.5) is 0 Å². The molecule has 0 saturated carbocycles. The van der Waals surface area contributed by atoms with Gasteiger partial charge in [0.1, 0.15) is 4.83 Å². The molecule has 0 aliphatic carbocycles. The summed E-state index contributed by atoms with van der Waals surface area (Å²) in [5.74, 6) is 1.62. The third kappa shape index (κ3) is 3.24. The predicted octanol–water partition coefficient (Wildman–Crippen LogP) is 3.25. The van der Waals surface area contributed by atoms with Crippen molar-refractivity contribution in [2.24, 2.45) is 0 Å². The van der Waals surface area contributed by atoms with Crippen LogP contribution >= 0.6 is 23.1 Å². The molecule has 8 heteroatoms. The summed E-state index contributed by atoms with van der Waals surface area (Å²) in [6.07, 6.45) is 0.630. The SMILES string of the molecule is O=c1[nH]c(SCc2nc(Cc3ccccc3)no2)nc2sccc12. The fourth-order valence-corrected chi connectivity index (χ4v) is 3.76. The van der Waals surface area contributed by atoms with Crippen LogP contribution in [0.15, 0.2) is 56.3 Å². The molecule has 0 amide bonds. The van der Waals surface area contributed by atoms with Crippen molar-refractivity contribution in [2.45, 2.75) is 17.3 Å². The highest BCUT2D eigenvalue weighted by atomic mass is 32.2. The first-order chi connectivity index (χ1) is 11.8. The molecule has 0 saturated heterocycles. The molecule has 0 spiro atoms. The Balaban J connectivity index is 1.45. The van der Waals surface area contributed by atoms with Crippen molar-refractivity contribution < 1.29 is 4.52 Å². The van der Waals surface area contributed by atoms with Crippen molar-refractivity contribution >= 4 is 33.3 Å². The summed E-state index contributed by atoms with van der Waals surface area (Å²) in [7, 11) is 0. The maximum atomic E-state index is 11.9. The molecular formula is C16H12N4O2S2. The Kier molecular flexibility index (Phi) is 4.14. The lowest BCUT2D eigenvalue weighted by molar-refractivity contribution is 0.385. The number of aromatic amines is 1. The largest absolute Gasteiger partial charge is 0.338 e. The molecule has 3 heterocycles. The van der Waals surface area contributed by atoms with Crippen LogP contribution in [0, 0.1) is 0 Å². The molecule has 4 rings (SSSR count). The molecule has 4 aromatic rings. The van der Waals surface area contributed by atoms with Gasteiger partial charge in [0.15, 0.2) is 11.0 Å². The monoisotopic (exact) mass is 356 g/mol. The van der Waals surface area contributed by atoms with E-state index in [4.69, 9.17) is 4.52 Å². The molecule has 0 radical (unpaired) electrons. The molecule has 120 valence electrons. The number of thiophene rings is 1. The van der Waals surface area contributed by atoms with E-state index >= 15 is 0 Å². The third-order valence-corrected chi connectivity index (χ3v) is 5.03. The molecule has 6 nitrogen and oxygen atoms in total. The van der Waals surface area contributed by atoms with Crippen molar-refractivity contribution in [1.29, 1.82) is 0 Å². The van der Waals surface area contributed by atoms with Gasteiger partial charge in [-0.1, -0.05) is 47.3 Å². The van der Waals surface area contributed by atoms with Gasteiger partial charge < -0.3 is 9.51 Å². The van der Waals surface area contributed by atoms with Crippen LogP contribution in [0.1, 0.15) is 17.3 Å². The number of benzene rings is 1. The molecule has 0 unspecified atom stereocenters. The second kappa shape index (κ2) is 6.58. The number of H-pyrrole nitrogens is 1. The average molecular weight is 356 g/mol. The smallest absolute Gasteiger partial charge is 0.260 e. The number of rotatable bonds is 5. The molecule has 3 aromatic heterocycles. The number of fused-ring (bicyclic) bond motifs is 1. The Morgan fingerprint density at radius 2 is 2.04 bits per heavy atom. The van der Waals surface area contributed by atoms with Gasteiger partial charge in [-0.15, -0.1) is 11.3 Å². The van der Waals surface area contributed by atoms with Crippen LogP contribution in [0.2, 0.25) is 0 Å². The molecular weight excluding hydrogens is 344 g/mol. The van der Waals surface area contributed by atoms with Gasteiger partial charge in [-0.25, -0.2) is 4.98 Å². The number of hydrogen-bond acceptors (Lipinski definition) is 7. The van der Waals surface area contributed by atoms with Crippen LogP contribution < -0.4 is 5.56 Å². The van der Waals surface area contributed by atoms with Gasteiger partial charge in [-0.2, -0.15) is 4.98 Å². The van der Waals surface area contributed by atoms with E-state index in [-0.39, 0.29) is 5.56 Å². The van der Waals surface area contributed by atoms with E-state index in [0.717, 1.165) is 10.4 Å². The van der Waals surface area contributed by atoms with Gasteiger partial charge in [0.25, 0.3) is 5.56 Å². The van der Waals surface area contributed by atoms with Crippen LogP contribution in [0.5, 0.6) is 0 Å². The van der Waals surface area contributed by atoms with E-state index in [2.05, 4.69) is 20.1 Å². The van der Waals surface area contributed by atoms with Crippen molar-refractivity contribution in [2.75, 3.05) is 0 Å². The van der Waals surface area contributed by atoms with Gasteiger partial charge in [0.2, 0.25) is 5.89 Å². The lowest BCUT2D eigenvalue weighted by Gasteiger charge is -1.97. The maximum Gasteiger partial charge on any atom is 0.260 e. The van der Waals surface area contributed by atoms with Gasteiger partial charge in [-0.3, -0.25) is 4.79 Å². The Morgan fingerprint density at radius 3 is 2.92 bits per heavy atom. The molecule has 0 atom stereocenters. The Labute approximate surface area is 145 Å². The molecule has 0 aliphatic rings. The first-order valence-corrected chi connectivity index (χ1v) is 9.10. The van der Waals surface area contributed by atoms with Crippen LogP contribution in [-0.2, 0) is 12.2 Å². The Bertz CT molecular complexity index is 1020. The van der Waals surface area contributed by atoms with E-state index in [9.17, 15) is 4.79 Å². The van der Waals surface area contributed by atoms with E-state index in [1.165, 1.54) is 23.1 Å². The summed E-state index contributed by atoms with van der Waals surface area (Å²) in [5, 5.41) is 7.02. The lowest BCUT2D eigenvalue weighted by Crippen LogP contribution is -2.07. The average Bonchev–Trinajstić information content (AvgIpc) is 3.23. The molecule has 0 bridgehead atoms. The van der Waals surface area contributed by atoms with Crippen molar-refractivity contribution in [1.82, 2.24) is 20.1 Å². The summed E-state index contributed by atoms with van der Waals surface area (Å²) >= 11 is 2.82. The van der Waals surface area contributed by atoms with Gasteiger partial charge in [0.05, 0.1) is 11.1 Å². The second-order valence-corrected chi connectivity index (χ2v) is 6.92. The Morgan fingerprint density at radius 1 is 1.17 bits per heavy atom. The number of aromatic nitrogens is 4. The zero-order chi connectivity index (χ0) is 16.4. The summed E-state index contributed by atoms with van der Waals surface area (Å²) in [6, 6.07) is 11.8. The fourth-order valence-electron chi connectivity index (χ4n) is 2.24. The van der Waals surface area contributed by atoms with Gasteiger partial charge >= 0.3 is 0 Å². The molecule has 1 N–H and O–H groups in total. The highest BCUT2D eigenvalue weighted by Crippen LogP contribution is 2.21. The highest BCUT2D eigenvalue weighted by Gasteiger charge is 2.10. The minimum absolute atomic E-state index is 0.126. The summed E-state index contributed by atoms with van der Waals surface area (Å²) < 4.78 is 5.26. The van der Waals surface area contributed by atoms with Crippen molar-refractivity contribution in [3.8, 4) is 0 Å². The standard InChI is InChI=1S/C16H12N4O2S2/c21-14-11-6-7-23-15(11)19-16(18-14)24-9-13-17-12(20-22-13)8-10-4-2-1-3-5-10/h1-7H,8-9H2,(H,18,19,21). The van der Waals surface area contributed by atoms with E-state index < -0.39 is 0 Å². The molecule has 1 aromatic carbocycles. The minimum atomic E-state index is -0.126. The summed E-state index contributed by atoms with van der Waals surface area (Å²) in [6.45, 7) is 0. The number of nitrogens with one attached hydrogen (secondary N) is 1. The predicted molar refractivity (Wildman–Crippen MR) is 93.3 cm³/mol. The van der Waals surface area contributed by atoms with Crippen molar-refractivity contribution in [3.63, 3.8) is 0 Å². The molecule has 24 heavy (non-hydrogen) atoms. The second-order valence-electron chi connectivity index (χ2n) is 5.07. The Hall–Kier alpha value is -2.45. The number of thioether (sulfide) groups is 1. The van der Waals surface area contributed by atoms with Crippen molar-refractivity contribution in [3.05, 3.63) is 69.4 Å². The highest BCUT2D eigenvalue weighted by molar-refractivity contribution is 7.98. The zero-order valence-corrected chi connectivity index (χ0v) is 14.1. The van der Waals surface area contributed by atoms with Gasteiger partial charge in [-0.05, 0) is 17.0 Å². The van der Waals surface area contributed by atoms with E-state index in [1.807, 2.05) is 35.7 Å². The summed E-state index contributed by atoms with van der Waals surface area (Å²) in [5.41, 5.74) is 1.01. The zero-order valence-electron chi connectivity index (χ0n) is 12.4. The van der Waals surface area contributed by atoms with Gasteiger partial charge in [0, 0.05) is 6.42 Å². The normalized spacial score (nSPS) is 11.2. The molecule has 0 aliphatic heterocycles. The van der Waals surface area contributed by atoms with E-state index in [0.29, 0.717) is 34.4 Å². The number of nitrogens with zero attached hydrogens (tertiary/aromatic N) is 3. The maximum absolute atomic E-state index is 11.9. The van der Waals surface area contributed by atoms with E-state index in [1.54, 1.807) is 6.07 Å². The first-order valence-electron chi connectivity index (χ1n) is 7.23.